The molecule has 6 nitrogen and oxygen atoms in total. The quantitative estimate of drug-likeness (QED) is 0.707. The molecule has 2 bridgehead atoms. The van der Waals surface area contributed by atoms with E-state index in [1.807, 2.05) is 0 Å². The maximum Gasteiger partial charge on any atom is 0.251 e. The first-order valence-electron chi connectivity index (χ1n) is 12.1. The molecule has 2 aromatic carbocycles. The normalized spacial score (nSPS) is 29.6. The molecule has 2 aromatic rings. The second-order valence-corrected chi connectivity index (χ2v) is 10.1. The predicted molar refractivity (Wildman–Crippen MR) is 116 cm³/mol. The van der Waals surface area contributed by atoms with Gasteiger partial charge in [0.05, 0.1) is 13.7 Å². The molecule has 31 heavy (non-hydrogen) atoms. The van der Waals surface area contributed by atoms with Crippen molar-refractivity contribution in [2.75, 3.05) is 6.26 Å². The van der Waals surface area contributed by atoms with E-state index in [4.69, 9.17) is 5.48 Å². The number of fused-ring (bicyclic) bond motifs is 2. The Kier molecular flexibility index (Phi) is 4.65. The van der Waals surface area contributed by atoms with Crippen LogP contribution in [0.4, 0.5) is 4.39 Å². The summed E-state index contributed by atoms with van der Waals surface area (Å²) in [4.78, 5) is 14.3. The first-order valence-corrected chi connectivity index (χ1v) is 11.9. The molecule has 0 aromatic heterocycles. The summed E-state index contributed by atoms with van der Waals surface area (Å²) in [5.41, 5.74) is 1.17. The van der Waals surface area contributed by atoms with Crippen LogP contribution in [0.25, 0.3) is 11.1 Å². The number of aliphatic hydroxyl groups is 1. The zero-order valence-corrected chi connectivity index (χ0v) is 17.8. The molecule has 1 aliphatic carbocycles. The first kappa shape index (κ1) is 17.3. The number of piperidine rings is 2. The van der Waals surface area contributed by atoms with Crippen LogP contribution in [0, 0.1) is 11.7 Å². The van der Waals surface area contributed by atoms with Crippen LogP contribution in [0.15, 0.2) is 48.5 Å². The molecular formula is C23H27FN2O4S. The number of carbonyl (C=O) groups excluding carboxylic acids is 1. The van der Waals surface area contributed by atoms with Crippen LogP contribution in [-0.4, -0.2) is 54.8 Å². The lowest BCUT2D eigenvalue weighted by Crippen LogP contribution is -2.71. The van der Waals surface area contributed by atoms with E-state index < -0.39 is 52.8 Å². The number of carbonyl (C=O) groups is 1. The molecule has 1 saturated carbocycles. The fourth-order valence-electron chi connectivity index (χ4n) is 4.80. The molecule has 0 spiro atoms. The molecular weight excluding hydrogens is 419 g/mol. The Hall–Kier alpha value is -2.29. The van der Waals surface area contributed by atoms with Gasteiger partial charge in [-0.3, -0.25) is 4.79 Å². The number of rotatable bonds is 6. The van der Waals surface area contributed by atoms with Gasteiger partial charge in [0, 0.05) is 21.8 Å². The Morgan fingerprint density at radius 2 is 2.00 bits per heavy atom. The second kappa shape index (κ2) is 8.33. The average Bonchev–Trinajstić information content (AvgIpc) is 2.73. The third-order valence-electron chi connectivity index (χ3n) is 6.20. The molecule has 0 unspecified atom stereocenters. The van der Waals surface area contributed by atoms with Gasteiger partial charge in [0.1, 0.15) is 11.9 Å². The zero-order chi connectivity index (χ0) is 25.8. The number of nitrogens with one attached hydrogen (secondary N) is 1. The van der Waals surface area contributed by atoms with Crippen LogP contribution < -0.4 is 4.72 Å². The highest BCUT2D eigenvalue weighted by Crippen LogP contribution is 2.44. The smallest absolute Gasteiger partial charge is 0.251 e. The summed E-state index contributed by atoms with van der Waals surface area (Å²) >= 11 is 0. The minimum absolute atomic E-state index is 0.129. The van der Waals surface area contributed by atoms with Crippen molar-refractivity contribution in [2.24, 2.45) is 5.92 Å². The lowest BCUT2D eigenvalue weighted by molar-refractivity contribution is -0.157. The fraction of sp³-hybridized carbons (Fsp3) is 0.435. The maximum absolute atomic E-state index is 15.6. The molecule has 3 fully saturated rings. The summed E-state index contributed by atoms with van der Waals surface area (Å²) in [5.74, 6) is -2.03. The van der Waals surface area contributed by atoms with E-state index >= 15 is 4.39 Å². The van der Waals surface area contributed by atoms with Crippen molar-refractivity contribution in [2.45, 2.75) is 50.3 Å². The van der Waals surface area contributed by atoms with Crippen LogP contribution in [0.5, 0.6) is 0 Å². The molecule has 5 rings (SSSR count). The summed E-state index contributed by atoms with van der Waals surface area (Å²) in [7, 11) is -3.73. The Morgan fingerprint density at radius 1 is 1.29 bits per heavy atom. The molecule has 0 radical (unpaired) electrons. The van der Waals surface area contributed by atoms with Crippen molar-refractivity contribution in [3.63, 3.8) is 0 Å². The number of benzene rings is 2. The standard InChI is InChI=1S/C23H27FN2O4S/c1-14(27)23(28)26-18-11-17(12-18)22(25-31(2,29)30)20(26)13-16-9-6-10-19(21(16)24)15-7-4-3-5-8-15/h3-10,14,17-18,20,22,25,27H,11-13H2,1-2H3/t14-,17?,18?,20+,22+/m1/s1/i1D3,14D. The van der Waals surface area contributed by atoms with Crippen molar-refractivity contribution in [1.82, 2.24) is 9.62 Å². The molecule has 8 heteroatoms. The second-order valence-electron chi connectivity index (χ2n) is 8.28. The van der Waals surface area contributed by atoms with Gasteiger partial charge in [0.15, 0.2) is 0 Å². The summed E-state index contributed by atoms with van der Waals surface area (Å²) in [5, 5.41) is 10.4. The van der Waals surface area contributed by atoms with Crippen molar-refractivity contribution < 1.29 is 28.2 Å². The molecule has 2 N–H and O–H groups in total. The van der Waals surface area contributed by atoms with Gasteiger partial charge in [0.25, 0.3) is 5.91 Å². The van der Waals surface area contributed by atoms with E-state index in [9.17, 15) is 18.3 Å². The number of amides is 1. The Labute approximate surface area is 187 Å². The molecule has 3 atom stereocenters. The van der Waals surface area contributed by atoms with Gasteiger partial charge in [-0.15, -0.1) is 0 Å². The van der Waals surface area contributed by atoms with Crippen LogP contribution in [0.3, 0.4) is 0 Å². The zero-order valence-electron chi connectivity index (χ0n) is 21.0. The topological polar surface area (TPSA) is 86.7 Å². The van der Waals surface area contributed by atoms with Gasteiger partial charge in [-0.2, -0.15) is 0 Å². The first-order chi connectivity index (χ1) is 16.2. The predicted octanol–water partition coefficient (Wildman–Crippen LogP) is 2.32. The highest BCUT2D eigenvalue weighted by atomic mass is 32.2. The minimum atomic E-state index is -3.73. The Morgan fingerprint density at radius 3 is 2.65 bits per heavy atom. The number of sulfonamides is 1. The van der Waals surface area contributed by atoms with Crippen LogP contribution in [-0.2, 0) is 21.2 Å². The molecule has 2 aliphatic heterocycles. The Balaban J connectivity index is 1.76. The monoisotopic (exact) mass is 450 g/mol. The molecule has 3 aliphatic rings. The molecule has 166 valence electrons. The summed E-state index contributed by atoms with van der Waals surface area (Å²) in [6.07, 6.45) is -1.80. The van der Waals surface area contributed by atoms with E-state index in [0.717, 1.165) is 11.2 Å². The highest BCUT2D eigenvalue weighted by Gasteiger charge is 2.53. The highest BCUT2D eigenvalue weighted by molar-refractivity contribution is 7.88. The van der Waals surface area contributed by atoms with E-state index in [1.54, 1.807) is 42.5 Å². The van der Waals surface area contributed by atoms with E-state index in [0.29, 0.717) is 24.0 Å². The third kappa shape index (κ3) is 4.37. The largest absolute Gasteiger partial charge is 0.384 e. The number of nitrogens with zero attached hydrogens (tertiary/aromatic N) is 1. The summed E-state index contributed by atoms with van der Waals surface area (Å²) in [6.45, 7) is -3.33. The van der Waals surface area contributed by atoms with Crippen LogP contribution in [0.1, 0.15) is 30.7 Å². The summed E-state index contributed by atoms with van der Waals surface area (Å²) < 4.78 is 72.8. The number of hydrogen-bond donors (Lipinski definition) is 2. The van der Waals surface area contributed by atoms with Gasteiger partial charge in [0.2, 0.25) is 10.0 Å². The van der Waals surface area contributed by atoms with Crippen molar-refractivity contribution >= 4 is 15.9 Å². The average molecular weight is 451 g/mol. The van der Waals surface area contributed by atoms with Crippen molar-refractivity contribution in [3.05, 3.63) is 59.9 Å². The van der Waals surface area contributed by atoms with Gasteiger partial charge in [-0.25, -0.2) is 17.5 Å². The fourth-order valence-corrected chi connectivity index (χ4v) is 5.64. The van der Waals surface area contributed by atoms with Gasteiger partial charge in [-0.1, -0.05) is 48.5 Å². The molecule has 1 amide bonds. The van der Waals surface area contributed by atoms with Crippen LogP contribution in [0.2, 0.25) is 0 Å². The van der Waals surface area contributed by atoms with Crippen molar-refractivity contribution in [3.8, 4) is 11.1 Å². The lowest BCUT2D eigenvalue weighted by atomic mass is 9.66. The van der Waals surface area contributed by atoms with E-state index in [1.165, 1.54) is 6.07 Å². The number of halogens is 1. The van der Waals surface area contributed by atoms with Gasteiger partial charge in [-0.05, 0) is 43.2 Å². The maximum atomic E-state index is 15.6. The van der Waals surface area contributed by atoms with Crippen molar-refractivity contribution in [1.29, 1.82) is 0 Å². The third-order valence-corrected chi connectivity index (χ3v) is 6.90. The van der Waals surface area contributed by atoms with E-state index in [-0.39, 0.29) is 17.9 Å². The van der Waals surface area contributed by atoms with Gasteiger partial charge < -0.3 is 10.0 Å². The Bertz CT molecular complexity index is 1220. The molecule has 2 saturated heterocycles. The van der Waals surface area contributed by atoms with Gasteiger partial charge >= 0.3 is 0 Å². The molecule has 2 heterocycles. The van der Waals surface area contributed by atoms with Crippen LogP contribution >= 0.6 is 0 Å². The summed E-state index contributed by atoms with van der Waals surface area (Å²) in [6, 6.07) is 11.3. The lowest BCUT2D eigenvalue weighted by Gasteiger charge is -2.58. The minimum Gasteiger partial charge on any atom is -0.384 e. The SMILES string of the molecule is [2H]C([2H])([2H])[C@@]([2H])(O)C(=O)N1C2CC(C2)[C@H](NS(C)(=O)=O)[C@@H]1Cc1cccc(-c2ccccc2)c1F. The van der Waals surface area contributed by atoms with E-state index in [2.05, 4.69) is 4.72 Å². The number of hydrogen-bond acceptors (Lipinski definition) is 4.